The van der Waals surface area contributed by atoms with E-state index in [2.05, 4.69) is 5.32 Å². The van der Waals surface area contributed by atoms with Crippen LogP contribution in [0, 0.1) is 0 Å². The van der Waals surface area contributed by atoms with Crippen LogP contribution in [0.4, 0.5) is 23.7 Å². The number of alkyl halides is 3. The standard InChI is InChI=1S/C24H21Cl2F3N2O4S/c1-15(2)31(23(32)30-22-20(25)10-5-11-21(22)26)14-16-6-3-8-18(12-16)35-36(33,34)19-9-4-7-17(13-19)24(27,28)29/h3-13,15H,14H2,1-2H3,(H,30,32). The molecular weight excluding hydrogens is 540 g/mol. The number of amides is 2. The van der Waals surface area contributed by atoms with Gasteiger partial charge in [0.2, 0.25) is 0 Å². The van der Waals surface area contributed by atoms with Crippen LogP contribution in [0.2, 0.25) is 10.0 Å². The molecule has 0 unspecified atom stereocenters. The molecule has 36 heavy (non-hydrogen) atoms. The maximum absolute atomic E-state index is 13.0. The van der Waals surface area contributed by atoms with E-state index in [1.807, 2.05) is 0 Å². The number of nitrogens with one attached hydrogen (secondary N) is 1. The predicted molar refractivity (Wildman–Crippen MR) is 132 cm³/mol. The van der Waals surface area contributed by atoms with Crippen LogP contribution in [-0.2, 0) is 22.8 Å². The Morgan fingerprint density at radius 1 is 1.00 bits per heavy atom. The molecule has 3 aromatic rings. The first-order valence-electron chi connectivity index (χ1n) is 10.5. The summed E-state index contributed by atoms with van der Waals surface area (Å²) in [6.07, 6.45) is -4.71. The first-order chi connectivity index (χ1) is 16.8. The van der Waals surface area contributed by atoms with Crippen molar-refractivity contribution in [3.8, 4) is 5.75 Å². The fourth-order valence-electron chi connectivity index (χ4n) is 3.18. The van der Waals surface area contributed by atoms with E-state index in [0.29, 0.717) is 11.6 Å². The monoisotopic (exact) mass is 560 g/mol. The molecule has 2 amide bonds. The summed E-state index contributed by atoms with van der Waals surface area (Å²) >= 11 is 12.3. The second-order valence-electron chi connectivity index (χ2n) is 7.96. The molecule has 0 bridgehead atoms. The zero-order chi connectivity index (χ0) is 26.7. The molecule has 1 N–H and O–H groups in total. The third-order valence-corrected chi connectivity index (χ3v) is 6.86. The Morgan fingerprint density at radius 2 is 1.61 bits per heavy atom. The number of hydrogen-bond acceptors (Lipinski definition) is 4. The Hall–Kier alpha value is -2.95. The maximum atomic E-state index is 13.0. The van der Waals surface area contributed by atoms with E-state index >= 15 is 0 Å². The van der Waals surface area contributed by atoms with Gasteiger partial charge in [0.25, 0.3) is 0 Å². The molecular formula is C24H21Cl2F3N2O4S. The number of carbonyl (C=O) groups excluding carboxylic acids is 1. The number of para-hydroxylation sites is 1. The number of nitrogens with zero attached hydrogens (tertiary/aromatic N) is 1. The van der Waals surface area contributed by atoms with Gasteiger partial charge >= 0.3 is 22.3 Å². The average molecular weight is 561 g/mol. The fourth-order valence-corrected chi connectivity index (χ4v) is 4.64. The minimum atomic E-state index is -4.71. The zero-order valence-electron chi connectivity index (χ0n) is 19.0. The Balaban J connectivity index is 1.80. The second kappa shape index (κ2) is 11.0. The molecule has 0 saturated carbocycles. The number of urea groups is 1. The molecule has 3 rings (SSSR count). The summed E-state index contributed by atoms with van der Waals surface area (Å²) in [5.41, 5.74) is -0.347. The molecule has 0 aliphatic carbocycles. The highest BCUT2D eigenvalue weighted by Crippen LogP contribution is 2.32. The lowest BCUT2D eigenvalue weighted by molar-refractivity contribution is -0.137. The van der Waals surface area contributed by atoms with Gasteiger partial charge in [0.1, 0.15) is 10.6 Å². The molecule has 0 saturated heterocycles. The van der Waals surface area contributed by atoms with Crippen LogP contribution in [0.3, 0.4) is 0 Å². The van der Waals surface area contributed by atoms with Crippen LogP contribution in [-0.4, -0.2) is 25.4 Å². The van der Waals surface area contributed by atoms with Gasteiger partial charge in [0.05, 0.1) is 21.3 Å². The van der Waals surface area contributed by atoms with E-state index in [9.17, 15) is 26.4 Å². The fraction of sp³-hybridized carbons (Fsp3) is 0.208. The number of halogens is 5. The van der Waals surface area contributed by atoms with E-state index in [1.54, 1.807) is 38.1 Å². The van der Waals surface area contributed by atoms with Crippen molar-refractivity contribution in [2.24, 2.45) is 0 Å². The Morgan fingerprint density at radius 3 is 2.22 bits per heavy atom. The number of rotatable bonds is 7. The number of carbonyl (C=O) groups is 1. The van der Waals surface area contributed by atoms with Gasteiger partial charge in [-0.3, -0.25) is 0 Å². The second-order valence-corrected chi connectivity index (χ2v) is 10.3. The Bertz CT molecular complexity index is 1350. The molecule has 0 heterocycles. The van der Waals surface area contributed by atoms with E-state index in [-0.39, 0.29) is 34.1 Å². The molecule has 0 spiro atoms. The van der Waals surface area contributed by atoms with Crippen LogP contribution in [0.5, 0.6) is 5.75 Å². The third kappa shape index (κ3) is 6.83. The van der Waals surface area contributed by atoms with E-state index in [0.717, 1.165) is 18.2 Å². The molecule has 3 aromatic carbocycles. The van der Waals surface area contributed by atoms with Crippen molar-refractivity contribution < 1.29 is 30.6 Å². The van der Waals surface area contributed by atoms with Crippen molar-refractivity contribution in [3.05, 3.63) is 87.9 Å². The Labute approximate surface area is 216 Å². The van der Waals surface area contributed by atoms with Gasteiger partial charge in [-0.2, -0.15) is 21.6 Å². The minimum Gasteiger partial charge on any atom is -0.379 e. The molecule has 12 heteroatoms. The van der Waals surface area contributed by atoms with Gasteiger partial charge in [-0.25, -0.2) is 4.79 Å². The highest BCUT2D eigenvalue weighted by Gasteiger charge is 2.32. The summed E-state index contributed by atoms with van der Waals surface area (Å²) < 4.78 is 69.2. The van der Waals surface area contributed by atoms with E-state index in [1.165, 1.54) is 23.1 Å². The SMILES string of the molecule is CC(C)N(Cc1cccc(OS(=O)(=O)c2cccc(C(F)(F)F)c2)c1)C(=O)Nc1c(Cl)cccc1Cl. The summed E-state index contributed by atoms with van der Waals surface area (Å²) in [4.78, 5) is 13.8. The van der Waals surface area contributed by atoms with Crippen molar-refractivity contribution in [1.29, 1.82) is 0 Å². The summed E-state index contributed by atoms with van der Waals surface area (Å²) in [6, 6.07) is 13.2. The van der Waals surface area contributed by atoms with Crippen LogP contribution in [0.15, 0.2) is 71.6 Å². The predicted octanol–water partition coefficient (Wildman–Crippen LogP) is 7.22. The lowest BCUT2D eigenvalue weighted by atomic mass is 10.2. The molecule has 6 nitrogen and oxygen atoms in total. The number of anilines is 1. The van der Waals surface area contributed by atoms with Crippen molar-refractivity contribution in [2.75, 3.05) is 5.32 Å². The van der Waals surface area contributed by atoms with Crippen LogP contribution in [0.1, 0.15) is 25.0 Å². The molecule has 0 atom stereocenters. The summed E-state index contributed by atoms with van der Waals surface area (Å²) in [5, 5.41) is 3.19. The zero-order valence-corrected chi connectivity index (χ0v) is 21.3. The molecule has 0 aliphatic heterocycles. The summed E-state index contributed by atoms with van der Waals surface area (Å²) in [6.45, 7) is 3.63. The first kappa shape index (κ1) is 27.6. The lowest BCUT2D eigenvalue weighted by Crippen LogP contribution is -2.39. The van der Waals surface area contributed by atoms with Crippen LogP contribution in [0.25, 0.3) is 0 Å². The minimum absolute atomic E-state index is 0.0619. The third-order valence-electron chi connectivity index (χ3n) is 4.99. The Kier molecular flexibility index (Phi) is 8.43. The van der Waals surface area contributed by atoms with Crippen LogP contribution >= 0.6 is 23.2 Å². The van der Waals surface area contributed by atoms with Crippen molar-refractivity contribution in [3.63, 3.8) is 0 Å². The van der Waals surface area contributed by atoms with Crippen molar-refractivity contribution in [2.45, 2.75) is 37.5 Å². The van der Waals surface area contributed by atoms with Crippen molar-refractivity contribution >= 4 is 45.0 Å². The molecule has 0 fully saturated rings. The molecule has 0 aliphatic rings. The maximum Gasteiger partial charge on any atom is 0.416 e. The van der Waals surface area contributed by atoms with Gasteiger partial charge in [0, 0.05) is 12.6 Å². The van der Waals surface area contributed by atoms with Gasteiger partial charge in [-0.1, -0.05) is 47.5 Å². The van der Waals surface area contributed by atoms with Gasteiger partial charge < -0.3 is 14.4 Å². The number of benzene rings is 3. The highest BCUT2D eigenvalue weighted by atomic mass is 35.5. The van der Waals surface area contributed by atoms with Gasteiger partial charge in [0.15, 0.2) is 0 Å². The van der Waals surface area contributed by atoms with E-state index in [4.69, 9.17) is 27.4 Å². The summed E-state index contributed by atoms with van der Waals surface area (Å²) in [5.74, 6) is -0.122. The number of hydrogen-bond donors (Lipinski definition) is 1. The average Bonchev–Trinajstić information content (AvgIpc) is 2.79. The smallest absolute Gasteiger partial charge is 0.379 e. The molecule has 0 aromatic heterocycles. The van der Waals surface area contributed by atoms with Gasteiger partial charge in [-0.15, -0.1) is 0 Å². The van der Waals surface area contributed by atoms with E-state index < -0.39 is 32.8 Å². The van der Waals surface area contributed by atoms with Gasteiger partial charge in [-0.05, 0) is 61.9 Å². The topological polar surface area (TPSA) is 75.7 Å². The largest absolute Gasteiger partial charge is 0.416 e. The normalized spacial score (nSPS) is 11.9. The summed E-state index contributed by atoms with van der Waals surface area (Å²) in [7, 11) is -4.55. The van der Waals surface area contributed by atoms with Crippen molar-refractivity contribution in [1.82, 2.24) is 4.90 Å². The van der Waals surface area contributed by atoms with Crippen LogP contribution < -0.4 is 9.50 Å². The first-order valence-corrected chi connectivity index (χ1v) is 12.7. The molecule has 0 radical (unpaired) electrons. The molecule has 192 valence electrons. The lowest BCUT2D eigenvalue weighted by Gasteiger charge is -2.27. The quantitative estimate of drug-likeness (QED) is 0.309. The highest BCUT2D eigenvalue weighted by molar-refractivity contribution is 7.87.